The molecule has 1 amide bonds. The predicted octanol–water partition coefficient (Wildman–Crippen LogP) is 2.12. The smallest absolute Gasteiger partial charge is 0.244 e. The van der Waals surface area contributed by atoms with Crippen LogP contribution in [0.5, 0.6) is 0 Å². The number of ether oxygens (including phenoxy) is 1. The van der Waals surface area contributed by atoms with Gasteiger partial charge < -0.3 is 20.5 Å². The highest BCUT2D eigenvalue weighted by molar-refractivity contribution is 5.83. The average molecular weight is 454 g/mol. The molecule has 3 aromatic heterocycles. The van der Waals surface area contributed by atoms with Crippen LogP contribution in [0, 0.1) is 0 Å². The second-order valence-corrected chi connectivity index (χ2v) is 9.17. The molecule has 4 heterocycles. The molecule has 1 aliphatic heterocycles. The maximum atomic E-state index is 12.1. The second-order valence-electron chi connectivity index (χ2n) is 9.17. The number of anilines is 1. The third-order valence-corrected chi connectivity index (χ3v) is 6.70. The van der Waals surface area contributed by atoms with E-state index in [1.165, 1.54) is 0 Å². The van der Waals surface area contributed by atoms with Gasteiger partial charge in [0.05, 0.1) is 30.6 Å². The van der Waals surface area contributed by atoms with Crippen molar-refractivity contribution < 1.29 is 14.6 Å². The van der Waals surface area contributed by atoms with Crippen molar-refractivity contribution in [1.29, 1.82) is 0 Å². The van der Waals surface area contributed by atoms with Gasteiger partial charge in [0, 0.05) is 48.6 Å². The van der Waals surface area contributed by atoms with Crippen LogP contribution in [0.4, 0.5) is 5.95 Å². The molecule has 2 aliphatic rings. The number of nitrogens with zero attached hydrogens (tertiary/aromatic N) is 5. The first-order chi connectivity index (χ1) is 16.0. The SMILES string of the molecule is COC[C@H](C)Nc1ncc2c(-c3cnn([C@@H]4CCNC4=O)c3)cc([C@H]3CC[C@H](O)CC3)n2n1. The number of carbonyl (C=O) groups is 1. The first-order valence-corrected chi connectivity index (χ1v) is 11.7. The van der Waals surface area contributed by atoms with Crippen LogP contribution in [0.25, 0.3) is 16.6 Å². The molecule has 1 saturated heterocycles. The molecule has 10 heteroatoms. The fourth-order valence-corrected chi connectivity index (χ4v) is 4.97. The van der Waals surface area contributed by atoms with Gasteiger partial charge in [0.1, 0.15) is 6.04 Å². The number of aliphatic hydroxyl groups is 1. The molecule has 3 aromatic rings. The van der Waals surface area contributed by atoms with E-state index in [4.69, 9.17) is 9.84 Å². The molecule has 2 fully saturated rings. The fourth-order valence-electron chi connectivity index (χ4n) is 4.97. The van der Waals surface area contributed by atoms with Gasteiger partial charge in [0.2, 0.25) is 11.9 Å². The van der Waals surface area contributed by atoms with Crippen molar-refractivity contribution in [2.24, 2.45) is 0 Å². The van der Waals surface area contributed by atoms with Gasteiger partial charge in [0.25, 0.3) is 0 Å². The molecule has 10 nitrogen and oxygen atoms in total. The summed E-state index contributed by atoms with van der Waals surface area (Å²) in [5.41, 5.74) is 3.95. The summed E-state index contributed by atoms with van der Waals surface area (Å²) >= 11 is 0. The van der Waals surface area contributed by atoms with E-state index in [1.807, 2.05) is 30.0 Å². The highest BCUT2D eigenvalue weighted by Crippen LogP contribution is 2.37. The van der Waals surface area contributed by atoms with E-state index in [1.54, 1.807) is 11.8 Å². The van der Waals surface area contributed by atoms with Gasteiger partial charge >= 0.3 is 0 Å². The van der Waals surface area contributed by atoms with E-state index in [0.717, 1.165) is 54.4 Å². The van der Waals surface area contributed by atoms with Crippen molar-refractivity contribution in [2.45, 2.75) is 63.1 Å². The minimum Gasteiger partial charge on any atom is -0.393 e. The van der Waals surface area contributed by atoms with E-state index in [2.05, 4.69) is 26.8 Å². The van der Waals surface area contributed by atoms with Crippen molar-refractivity contribution in [3.8, 4) is 11.1 Å². The van der Waals surface area contributed by atoms with E-state index in [0.29, 0.717) is 25.0 Å². The molecule has 33 heavy (non-hydrogen) atoms. The molecular weight excluding hydrogens is 422 g/mol. The summed E-state index contributed by atoms with van der Waals surface area (Å²) in [7, 11) is 1.67. The van der Waals surface area contributed by atoms with Crippen LogP contribution in [-0.2, 0) is 9.53 Å². The maximum absolute atomic E-state index is 12.1. The number of rotatable bonds is 7. The second kappa shape index (κ2) is 9.11. The number of methoxy groups -OCH3 is 1. The third kappa shape index (κ3) is 4.32. The fraction of sp³-hybridized carbons (Fsp3) is 0.565. The Morgan fingerprint density at radius 3 is 2.82 bits per heavy atom. The molecule has 1 saturated carbocycles. The minimum atomic E-state index is -0.263. The lowest BCUT2D eigenvalue weighted by Gasteiger charge is -2.25. The van der Waals surface area contributed by atoms with Crippen molar-refractivity contribution in [3.05, 3.63) is 30.4 Å². The predicted molar refractivity (Wildman–Crippen MR) is 123 cm³/mol. The molecule has 176 valence electrons. The number of carbonyl (C=O) groups excluding carboxylic acids is 1. The Balaban J connectivity index is 1.53. The first kappa shape index (κ1) is 21.8. The van der Waals surface area contributed by atoms with Crippen LogP contribution in [-0.4, -0.2) is 67.8 Å². The van der Waals surface area contributed by atoms with E-state index in [-0.39, 0.29) is 24.1 Å². The number of aromatic nitrogens is 5. The standard InChI is InChI=1S/C23H31N7O3/c1-14(13-33-2)27-23-25-11-21-18(16-10-26-29(12-16)19-7-8-24-22(19)32)9-20(30(21)28-23)15-3-5-17(31)6-4-15/h9-12,14-15,17,19,31H,3-8,13H2,1-2H3,(H,24,32)(H,27,28)/t14-,15-,17-,19+/m0/s1. The zero-order valence-corrected chi connectivity index (χ0v) is 19.1. The largest absolute Gasteiger partial charge is 0.393 e. The van der Waals surface area contributed by atoms with Crippen LogP contribution < -0.4 is 10.6 Å². The van der Waals surface area contributed by atoms with Crippen molar-refractivity contribution in [2.75, 3.05) is 25.6 Å². The minimum absolute atomic E-state index is 0.0112. The Labute approximate surface area is 192 Å². The van der Waals surface area contributed by atoms with Gasteiger partial charge in [-0.3, -0.25) is 9.48 Å². The van der Waals surface area contributed by atoms with Gasteiger partial charge in [0.15, 0.2) is 0 Å². The summed E-state index contributed by atoms with van der Waals surface area (Å²) in [6.45, 7) is 3.26. The first-order valence-electron chi connectivity index (χ1n) is 11.7. The summed E-state index contributed by atoms with van der Waals surface area (Å²) in [6.07, 6.45) is 9.53. The summed E-state index contributed by atoms with van der Waals surface area (Å²) in [5.74, 6) is 0.867. The van der Waals surface area contributed by atoms with Crippen LogP contribution in [0.3, 0.4) is 0 Å². The summed E-state index contributed by atoms with van der Waals surface area (Å²) in [6, 6.07) is 1.98. The van der Waals surface area contributed by atoms with Crippen molar-refractivity contribution in [1.82, 2.24) is 29.7 Å². The van der Waals surface area contributed by atoms with Crippen LogP contribution in [0.15, 0.2) is 24.7 Å². The summed E-state index contributed by atoms with van der Waals surface area (Å²) in [4.78, 5) is 16.7. The topological polar surface area (TPSA) is 119 Å². The normalized spacial score (nSPS) is 24.2. The third-order valence-electron chi connectivity index (χ3n) is 6.70. The number of hydrogen-bond donors (Lipinski definition) is 3. The number of hydrogen-bond acceptors (Lipinski definition) is 7. The van der Waals surface area contributed by atoms with Crippen molar-refractivity contribution in [3.63, 3.8) is 0 Å². The Kier molecular flexibility index (Phi) is 6.03. The number of aliphatic hydroxyl groups excluding tert-OH is 1. The van der Waals surface area contributed by atoms with Crippen LogP contribution in [0.1, 0.15) is 56.7 Å². The van der Waals surface area contributed by atoms with Gasteiger partial charge in [-0.2, -0.15) is 5.10 Å². The Bertz CT molecular complexity index is 1130. The lowest BCUT2D eigenvalue weighted by atomic mass is 9.85. The number of amides is 1. The highest BCUT2D eigenvalue weighted by Gasteiger charge is 2.28. The van der Waals surface area contributed by atoms with Crippen molar-refractivity contribution >= 4 is 17.4 Å². The lowest BCUT2D eigenvalue weighted by molar-refractivity contribution is -0.122. The quantitative estimate of drug-likeness (QED) is 0.501. The summed E-state index contributed by atoms with van der Waals surface area (Å²) in [5, 5.41) is 25.5. The molecule has 5 rings (SSSR count). The summed E-state index contributed by atoms with van der Waals surface area (Å²) < 4.78 is 8.95. The van der Waals surface area contributed by atoms with Gasteiger partial charge in [-0.15, -0.1) is 5.10 Å². The van der Waals surface area contributed by atoms with E-state index < -0.39 is 0 Å². The van der Waals surface area contributed by atoms with Gasteiger partial charge in [-0.05, 0) is 45.1 Å². The molecule has 0 unspecified atom stereocenters. The Hall–Kier alpha value is -2.98. The Morgan fingerprint density at radius 1 is 1.27 bits per heavy atom. The molecule has 0 bridgehead atoms. The van der Waals surface area contributed by atoms with E-state index >= 15 is 0 Å². The molecule has 2 atom stereocenters. The van der Waals surface area contributed by atoms with E-state index in [9.17, 15) is 9.90 Å². The van der Waals surface area contributed by atoms with Crippen LogP contribution in [0.2, 0.25) is 0 Å². The monoisotopic (exact) mass is 453 g/mol. The molecular formula is C23H31N7O3. The molecule has 0 aromatic carbocycles. The maximum Gasteiger partial charge on any atom is 0.244 e. The number of fused-ring (bicyclic) bond motifs is 1. The molecule has 1 aliphatic carbocycles. The highest BCUT2D eigenvalue weighted by atomic mass is 16.5. The molecule has 3 N–H and O–H groups in total. The molecule has 0 radical (unpaired) electrons. The molecule has 0 spiro atoms. The lowest BCUT2D eigenvalue weighted by Crippen LogP contribution is -2.23. The Morgan fingerprint density at radius 2 is 2.09 bits per heavy atom. The zero-order valence-electron chi connectivity index (χ0n) is 19.1. The number of nitrogens with one attached hydrogen (secondary N) is 2. The van der Waals surface area contributed by atoms with Crippen LogP contribution >= 0.6 is 0 Å². The average Bonchev–Trinajstić information content (AvgIpc) is 3.52. The zero-order chi connectivity index (χ0) is 22.9. The van der Waals surface area contributed by atoms with Gasteiger partial charge in [-0.1, -0.05) is 0 Å². The van der Waals surface area contributed by atoms with Gasteiger partial charge in [-0.25, -0.2) is 9.50 Å².